The molecule has 0 radical (unpaired) electrons. The molecular weight excluding hydrogens is 202 g/mol. The standard InChI is InChI=1S/C13H27NO2/c1-4-12(5-2)14(10-11-15)9-7-8-13(16)6-3/h12,15H,4-11H2,1-3H3. The van der Waals surface area contributed by atoms with Crippen LogP contribution >= 0.6 is 0 Å². The van der Waals surface area contributed by atoms with Gasteiger partial charge in [0.1, 0.15) is 5.78 Å². The lowest BCUT2D eigenvalue weighted by molar-refractivity contribution is -0.118. The maximum atomic E-state index is 11.2. The topological polar surface area (TPSA) is 40.5 Å². The molecular formula is C13H27NO2. The normalized spacial score (nSPS) is 11.4. The number of carbonyl (C=O) groups is 1. The summed E-state index contributed by atoms with van der Waals surface area (Å²) >= 11 is 0. The average Bonchev–Trinajstić information content (AvgIpc) is 2.30. The SMILES string of the molecule is CCC(=O)CCCN(CCO)C(CC)CC. The fourth-order valence-corrected chi connectivity index (χ4v) is 2.07. The second-order valence-electron chi connectivity index (χ2n) is 4.23. The number of rotatable bonds is 10. The zero-order valence-corrected chi connectivity index (χ0v) is 11.0. The van der Waals surface area contributed by atoms with Crippen molar-refractivity contribution in [2.45, 2.75) is 58.9 Å². The van der Waals surface area contributed by atoms with E-state index in [-0.39, 0.29) is 6.61 Å². The Morgan fingerprint density at radius 3 is 2.25 bits per heavy atom. The minimum atomic E-state index is 0.207. The highest BCUT2D eigenvalue weighted by atomic mass is 16.3. The van der Waals surface area contributed by atoms with E-state index in [4.69, 9.17) is 5.11 Å². The van der Waals surface area contributed by atoms with Gasteiger partial charge in [-0.05, 0) is 25.8 Å². The lowest BCUT2D eigenvalue weighted by Crippen LogP contribution is -2.37. The Morgan fingerprint density at radius 2 is 1.81 bits per heavy atom. The first-order chi connectivity index (χ1) is 7.69. The van der Waals surface area contributed by atoms with E-state index in [2.05, 4.69) is 18.7 Å². The Morgan fingerprint density at radius 1 is 1.19 bits per heavy atom. The molecule has 0 unspecified atom stereocenters. The van der Waals surface area contributed by atoms with Crippen molar-refractivity contribution >= 4 is 5.78 Å². The number of aliphatic hydroxyl groups is 1. The fourth-order valence-electron chi connectivity index (χ4n) is 2.07. The highest BCUT2D eigenvalue weighted by molar-refractivity contribution is 5.77. The van der Waals surface area contributed by atoms with Crippen molar-refractivity contribution in [1.82, 2.24) is 4.90 Å². The molecule has 96 valence electrons. The lowest BCUT2D eigenvalue weighted by atomic mass is 10.1. The molecule has 0 aromatic heterocycles. The first-order valence-corrected chi connectivity index (χ1v) is 6.56. The number of ketones is 1. The quantitative estimate of drug-likeness (QED) is 0.624. The Kier molecular flexibility index (Phi) is 9.54. The van der Waals surface area contributed by atoms with Gasteiger partial charge in [-0.25, -0.2) is 0 Å². The van der Waals surface area contributed by atoms with Crippen LogP contribution in [0.4, 0.5) is 0 Å². The van der Waals surface area contributed by atoms with Crippen LogP contribution in [0.5, 0.6) is 0 Å². The Labute approximate surface area is 99.8 Å². The van der Waals surface area contributed by atoms with Gasteiger partial charge in [-0.15, -0.1) is 0 Å². The van der Waals surface area contributed by atoms with Gasteiger partial charge in [0, 0.05) is 25.4 Å². The van der Waals surface area contributed by atoms with Crippen LogP contribution < -0.4 is 0 Å². The molecule has 0 saturated heterocycles. The lowest BCUT2D eigenvalue weighted by Gasteiger charge is -2.29. The van der Waals surface area contributed by atoms with Crippen LogP contribution in [0.2, 0.25) is 0 Å². The maximum Gasteiger partial charge on any atom is 0.132 e. The minimum Gasteiger partial charge on any atom is -0.395 e. The van der Waals surface area contributed by atoms with Gasteiger partial charge >= 0.3 is 0 Å². The fraction of sp³-hybridized carbons (Fsp3) is 0.923. The van der Waals surface area contributed by atoms with E-state index in [1.54, 1.807) is 0 Å². The van der Waals surface area contributed by atoms with Crippen LogP contribution in [-0.4, -0.2) is 41.5 Å². The number of Topliss-reactive ketones (excluding diaryl/α,β-unsaturated/α-hetero) is 1. The summed E-state index contributed by atoms with van der Waals surface area (Å²) in [5, 5.41) is 9.02. The van der Waals surface area contributed by atoms with Crippen molar-refractivity contribution in [3.05, 3.63) is 0 Å². The molecule has 0 aromatic rings. The predicted octanol–water partition coefficient (Wildman–Crippen LogP) is 2.23. The maximum absolute atomic E-state index is 11.2. The van der Waals surface area contributed by atoms with Crippen molar-refractivity contribution < 1.29 is 9.90 Å². The monoisotopic (exact) mass is 229 g/mol. The first-order valence-electron chi connectivity index (χ1n) is 6.56. The summed E-state index contributed by atoms with van der Waals surface area (Å²) in [6, 6.07) is 0.545. The number of hydrogen-bond acceptors (Lipinski definition) is 3. The Hall–Kier alpha value is -0.410. The van der Waals surface area contributed by atoms with E-state index >= 15 is 0 Å². The van der Waals surface area contributed by atoms with Crippen molar-refractivity contribution in [2.24, 2.45) is 0 Å². The smallest absolute Gasteiger partial charge is 0.132 e. The van der Waals surface area contributed by atoms with E-state index in [0.717, 1.165) is 32.4 Å². The highest BCUT2D eigenvalue weighted by Crippen LogP contribution is 2.09. The van der Waals surface area contributed by atoms with E-state index in [0.29, 0.717) is 24.7 Å². The van der Waals surface area contributed by atoms with E-state index in [1.165, 1.54) is 0 Å². The van der Waals surface area contributed by atoms with E-state index < -0.39 is 0 Å². The van der Waals surface area contributed by atoms with Crippen molar-refractivity contribution in [1.29, 1.82) is 0 Å². The molecule has 0 aliphatic carbocycles. The molecule has 3 heteroatoms. The van der Waals surface area contributed by atoms with Crippen LogP contribution in [0.15, 0.2) is 0 Å². The van der Waals surface area contributed by atoms with Gasteiger partial charge in [0.2, 0.25) is 0 Å². The van der Waals surface area contributed by atoms with Crippen LogP contribution in [0.3, 0.4) is 0 Å². The molecule has 16 heavy (non-hydrogen) atoms. The average molecular weight is 229 g/mol. The van der Waals surface area contributed by atoms with Crippen LogP contribution in [0.1, 0.15) is 52.9 Å². The minimum absolute atomic E-state index is 0.207. The van der Waals surface area contributed by atoms with E-state index in [9.17, 15) is 4.79 Å². The molecule has 0 bridgehead atoms. The molecule has 0 spiro atoms. The third-order valence-corrected chi connectivity index (χ3v) is 3.14. The Bertz CT molecular complexity index is 179. The van der Waals surface area contributed by atoms with E-state index in [1.807, 2.05) is 6.92 Å². The molecule has 0 rings (SSSR count). The summed E-state index contributed by atoms with van der Waals surface area (Å²) in [5.74, 6) is 0.341. The van der Waals surface area contributed by atoms with Crippen LogP contribution in [0, 0.1) is 0 Å². The number of aliphatic hydroxyl groups excluding tert-OH is 1. The molecule has 0 fully saturated rings. The third kappa shape index (κ3) is 6.23. The summed E-state index contributed by atoms with van der Waals surface area (Å²) in [7, 11) is 0. The van der Waals surface area contributed by atoms with Crippen LogP contribution in [0.25, 0.3) is 0 Å². The van der Waals surface area contributed by atoms with Gasteiger partial charge in [0.05, 0.1) is 6.61 Å². The van der Waals surface area contributed by atoms with Gasteiger partial charge in [-0.1, -0.05) is 20.8 Å². The second-order valence-corrected chi connectivity index (χ2v) is 4.23. The Balaban J connectivity index is 3.97. The summed E-state index contributed by atoms with van der Waals surface area (Å²) in [6.07, 6.45) is 4.46. The number of hydrogen-bond donors (Lipinski definition) is 1. The summed E-state index contributed by atoms with van der Waals surface area (Å²) in [4.78, 5) is 13.5. The van der Waals surface area contributed by atoms with Gasteiger partial charge in [0.25, 0.3) is 0 Å². The molecule has 0 atom stereocenters. The molecule has 0 heterocycles. The zero-order chi connectivity index (χ0) is 12.4. The molecule has 0 aliphatic heterocycles. The second kappa shape index (κ2) is 9.79. The number of nitrogens with zero attached hydrogens (tertiary/aromatic N) is 1. The largest absolute Gasteiger partial charge is 0.395 e. The van der Waals surface area contributed by atoms with Crippen LogP contribution in [-0.2, 0) is 4.79 Å². The summed E-state index contributed by atoms with van der Waals surface area (Å²) in [5.41, 5.74) is 0. The predicted molar refractivity (Wildman–Crippen MR) is 67.6 cm³/mol. The van der Waals surface area contributed by atoms with Gasteiger partial charge < -0.3 is 5.11 Å². The van der Waals surface area contributed by atoms with Crippen molar-refractivity contribution in [3.8, 4) is 0 Å². The summed E-state index contributed by atoms with van der Waals surface area (Å²) in [6.45, 7) is 8.13. The van der Waals surface area contributed by atoms with Gasteiger partial charge in [-0.2, -0.15) is 0 Å². The first kappa shape index (κ1) is 15.6. The summed E-state index contributed by atoms with van der Waals surface area (Å²) < 4.78 is 0. The molecule has 3 nitrogen and oxygen atoms in total. The van der Waals surface area contributed by atoms with Crippen molar-refractivity contribution in [3.63, 3.8) is 0 Å². The molecule has 0 aliphatic rings. The highest BCUT2D eigenvalue weighted by Gasteiger charge is 2.14. The molecule has 1 N–H and O–H groups in total. The van der Waals surface area contributed by atoms with Crippen molar-refractivity contribution in [2.75, 3.05) is 19.7 Å². The number of carbonyl (C=O) groups excluding carboxylic acids is 1. The third-order valence-electron chi connectivity index (χ3n) is 3.14. The van der Waals surface area contributed by atoms with Gasteiger partial charge in [-0.3, -0.25) is 9.69 Å². The molecule has 0 saturated carbocycles. The molecule has 0 amide bonds. The molecule has 0 aromatic carbocycles. The zero-order valence-electron chi connectivity index (χ0n) is 11.0. The van der Waals surface area contributed by atoms with Gasteiger partial charge in [0.15, 0.2) is 0 Å².